The van der Waals surface area contributed by atoms with Gasteiger partial charge in [0.15, 0.2) is 6.10 Å². The fraction of sp³-hybridized carbons (Fsp3) is 0.316. The molecule has 1 heterocycles. The largest absolute Gasteiger partial charge is 0.479 e. The molecule has 0 bridgehead atoms. The summed E-state index contributed by atoms with van der Waals surface area (Å²) in [6.45, 7) is 9.05. The van der Waals surface area contributed by atoms with E-state index in [2.05, 4.69) is 10.0 Å². The van der Waals surface area contributed by atoms with Crippen LogP contribution in [0.3, 0.4) is 0 Å². The van der Waals surface area contributed by atoms with Gasteiger partial charge in [-0.2, -0.15) is 0 Å². The standard InChI is InChI=1S/C19H22N2O4S/c1-10-8-11(2)13(4)18(12(10)3)26(23,24)21-15-6-7-17-16(9-15)20-19(22)14(5)25-17/h6-9,14,21H,1-5H3,(H,20,22). The van der Waals surface area contributed by atoms with Crippen molar-refractivity contribution in [2.75, 3.05) is 10.0 Å². The van der Waals surface area contributed by atoms with Crippen molar-refractivity contribution in [2.45, 2.75) is 45.6 Å². The maximum absolute atomic E-state index is 13.0. The Kier molecular flexibility index (Phi) is 4.44. The van der Waals surface area contributed by atoms with Crippen molar-refractivity contribution in [2.24, 2.45) is 0 Å². The van der Waals surface area contributed by atoms with E-state index in [1.807, 2.05) is 19.9 Å². The average molecular weight is 374 g/mol. The topological polar surface area (TPSA) is 84.5 Å². The van der Waals surface area contributed by atoms with Crippen molar-refractivity contribution in [3.05, 3.63) is 46.5 Å². The summed E-state index contributed by atoms with van der Waals surface area (Å²) in [6.07, 6.45) is -0.578. The van der Waals surface area contributed by atoms with Gasteiger partial charge in [-0.1, -0.05) is 6.07 Å². The van der Waals surface area contributed by atoms with Crippen LogP contribution in [0, 0.1) is 27.7 Å². The van der Waals surface area contributed by atoms with Crippen LogP contribution in [-0.2, 0) is 14.8 Å². The van der Waals surface area contributed by atoms with Gasteiger partial charge in [0.25, 0.3) is 15.9 Å². The zero-order valence-corrected chi connectivity index (χ0v) is 16.2. The van der Waals surface area contributed by atoms with Gasteiger partial charge in [-0.3, -0.25) is 9.52 Å². The van der Waals surface area contributed by atoms with Crippen LogP contribution in [0.15, 0.2) is 29.2 Å². The third-order valence-electron chi connectivity index (χ3n) is 4.73. The molecule has 138 valence electrons. The van der Waals surface area contributed by atoms with Crippen LogP contribution in [0.1, 0.15) is 29.2 Å². The first-order chi connectivity index (χ1) is 12.1. The quantitative estimate of drug-likeness (QED) is 0.862. The molecule has 0 saturated heterocycles. The molecule has 1 aliphatic rings. The minimum atomic E-state index is -3.77. The van der Waals surface area contributed by atoms with E-state index in [0.717, 1.165) is 22.3 Å². The summed E-state index contributed by atoms with van der Waals surface area (Å²) >= 11 is 0. The highest BCUT2D eigenvalue weighted by Gasteiger charge is 2.25. The van der Waals surface area contributed by atoms with E-state index in [1.165, 1.54) is 0 Å². The van der Waals surface area contributed by atoms with Crippen molar-refractivity contribution in [3.8, 4) is 5.75 Å². The first kappa shape index (κ1) is 18.3. The highest BCUT2D eigenvalue weighted by molar-refractivity contribution is 7.92. The molecule has 0 aliphatic carbocycles. The van der Waals surface area contributed by atoms with E-state index in [4.69, 9.17) is 4.74 Å². The monoisotopic (exact) mass is 374 g/mol. The van der Waals surface area contributed by atoms with Gasteiger partial charge in [0.05, 0.1) is 16.3 Å². The van der Waals surface area contributed by atoms with Crippen LogP contribution >= 0.6 is 0 Å². The molecular weight excluding hydrogens is 352 g/mol. The number of carbonyl (C=O) groups excluding carboxylic acids is 1. The van der Waals surface area contributed by atoms with Gasteiger partial charge < -0.3 is 10.1 Å². The Morgan fingerprint density at radius 2 is 1.65 bits per heavy atom. The molecule has 1 amide bonds. The van der Waals surface area contributed by atoms with E-state index in [-0.39, 0.29) is 5.91 Å². The van der Waals surface area contributed by atoms with Gasteiger partial charge >= 0.3 is 0 Å². The van der Waals surface area contributed by atoms with E-state index in [9.17, 15) is 13.2 Å². The number of carbonyl (C=O) groups is 1. The van der Waals surface area contributed by atoms with Crippen molar-refractivity contribution in [1.29, 1.82) is 0 Å². The smallest absolute Gasteiger partial charge is 0.265 e. The lowest BCUT2D eigenvalue weighted by Gasteiger charge is -2.24. The number of ether oxygens (including phenoxy) is 1. The van der Waals surface area contributed by atoms with E-state index >= 15 is 0 Å². The number of aryl methyl sites for hydroxylation is 2. The molecular formula is C19H22N2O4S. The van der Waals surface area contributed by atoms with Crippen LogP contribution in [0.4, 0.5) is 11.4 Å². The van der Waals surface area contributed by atoms with Gasteiger partial charge in [-0.05, 0) is 75.1 Å². The summed E-state index contributed by atoms with van der Waals surface area (Å²) in [4.78, 5) is 12.1. The Morgan fingerprint density at radius 3 is 2.27 bits per heavy atom. The van der Waals surface area contributed by atoms with Gasteiger partial charge in [0.2, 0.25) is 0 Å². The third kappa shape index (κ3) is 3.14. The summed E-state index contributed by atoms with van der Waals surface area (Å²) in [7, 11) is -3.77. The third-order valence-corrected chi connectivity index (χ3v) is 6.38. The van der Waals surface area contributed by atoms with Crippen molar-refractivity contribution in [3.63, 3.8) is 0 Å². The maximum Gasteiger partial charge on any atom is 0.265 e. The molecule has 0 spiro atoms. The molecule has 7 heteroatoms. The summed E-state index contributed by atoms with van der Waals surface area (Å²) in [5, 5.41) is 2.72. The molecule has 26 heavy (non-hydrogen) atoms. The Morgan fingerprint density at radius 1 is 1.04 bits per heavy atom. The second-order valence-corrected chi connectivity index (χ2v) is 8.27. The van der Waals surface area contributed by atoms with Crippen LogP contribution in [0.25, 0.3) is 0 Å². The molecule has 0 fully saturated rings. The van der Waals surface area contributed by atoms with Crippen LogP contribution in [-0.4, -0.2) is 20.4 Å². The number of anilines is 2. The summed E-state index contributed by atoms with van der Waals surface area (Å²) < 4.78 is 34.1. The second-order valence-electron chi connectivity index (χ2n) is 6.66. The molecule has 6 nitrogen and oxygen atoms in total. The molecule has 3 rings (SSSR count). The minimum Gasteiger partial charge on any atom is -0.479 e. The number of sulfonamides is 1. The fourth-order valence-corrected chi connectivity index (χ4v) is 4.73. The van der Waals surface area contributed by atoms with E-state index in [0.29, 0.717) is 22.0 Å². The number of fused-ring (bicyclic) bond motifs is 1. The van der Waals surface area contributed by atoms with Crippen molar-refractivity contribution < 1.29 is 17.9 Å². The number of benzene rings is 2. The predicted molar refractivity (Wildman–Crippen MR) is 101 cm³/mol. The first-order valence-electron chi connectivity index (χ1n) is 8.32. The SMILES string of the molecule is Cc1cc(C)c(C)c(S(=O)(=O)Nc2ccc3c(c2)NC(=O)C(C)O3)c1C. The Hall–Kier alpha value is -2.54. The maximum atomic E-state index is 13.0. The second kappa shape index (κ2) is 6.32. The summed E-state index contributed by atoms with van der Waals surface area (Å²) in [6, 6.07) is 6.80. The minimum absolute atomic E-state index is 0.265. The Labute approximate surface area is 153 Å². The zero-order valence-electron chi connectivity index (χ0n) is 15.4. The van der Waals surface area contributed by atoms with Crippen molar-refractivity contribution in [1.82, 2.24) is 0 Å². The lowest BCUT2D eigenvalue weighted by atomic mass is 10.0. The average Bonchev–Trinajstić information content (AvgIpc) is 2.54. The predicted octanol–water partition coefficient (Wildman–Crippen LogP) is 3.44. The lowest BCUT2D eigenvalue weighted by Crippen LogP contribution is -2.34. The zero-order chi connectivity index (χ0) is 19.2. The molecule has 0 radical (unpaired) electrons. The highest BCUT2D eigenvalue weighted by atomic mass is 32.2. The van der Waals surface area contributed by atoms with E-state index < -0.39 is 16.1 Å². The first-order valence-corrected chi connectivity index (χ1v) is 9.80. The molecule has 2 aromatic rings. The van der Waals surface area contributed by atoms with Gasteiger partial charge in [-0.15, -0.1) is 0 Å². The van der Waals surface area contributed by atoms with Crippen LogP contribution in [0.2, 0.25) is 0 Å². The molecule has 1 aliphatic heterocycles. The molecule has 1 atom stereocenters. The summed E-state index contributed by atoms with van der Waals surface area (Å²) in [5.74, 6) is 0.248. The lowest BCUT2D eigenvalue weighted by molar-refractivity contribution is -0.122. The molecule has 1 unspecified atom stereocenters. The molecule has 2 N–H and O–H groups in total. The normalized spacial score (nSPS) is 16.5. The molecule has 0 aromatic heterocycles. The number of hydrogen-bond donors (Lipinski definition) is 2. The van der Waals surface area contributed by atoms with Gasteiger partial charge in [0.1, 0.15) is 5.75 Å². The number of rotatable bonds is 3. The Balaban J connectivity index is 2.00. The van der Waals surface area contributed by atoms with Crippen LogP contribution in [0.5, 0.6) is 5.75 Å². The Bertz CT molecular complexity index is 986. The fourth-order valence-electron chi connectivity index (χ4n) is 3.06. The highest BCUT2D eigenvalue weighted by Crippen LogP contribution is 2.34. The number of nitrogens with one attached hydrogen (secondary N) is 2. The van der Waals surface area contributed by atoms with Gasteiger partial charge in [-0.25, -0.2) is 8.42 Å². The van der Waals surface area contributed by atoms with E-state index in [1.54, 1.807) is 39.0 Å². The van der Waals surface area contributed by atoms with Gasteiger partial charge in [0, 0.05) is 0 Å². The number of amides is 1. The summed E-state index contributed by atoms with van der Waals surface area (Å²) in [5.41, 5.74) is 4.11. The molecule has 0 saturated carbocycles. The van der Waals surface area contributed by atoms with Crippen molar-refractivity contribution >= 4 is 27.3 Å². The number of hydrogen-bond acceptors (Lipinski definition) is 4. The molecule has 2 aromatic carbocycles. The van der Waals surface area contributed by atoms with Crippen LogP contribution < -0.4 is 14.8 Å².